The highest BCUT2D eigenvalue weighted by Crippen LogP contribution is 2.32. The summed E-state index contributed by atoms with van der Waals surface area (Å²) in [4.78, 5) is 11.4. The van der Waals surface area contributed by atoms with E-state index >= 15 is 0 Å². The number of hydrogen-bond acceptors (Lipinski definition) is 3. The van der Waals surface area contributed by atoms with E-state index in [2.05, 4.69) is 0 Å². The first-order valence-electron chi connectivity index (χ1n) is 4.26. The number of ketones is 1. The summed E-state index contributed by atoms with van der Waals surface area (Å²) in [6.07, 6.45) is 2.04. The maximum Gasteiger partial charge on any atom is 0.166 e. The maximum atomic E-state index is 11.4. The predicted molar refractivity (Wildman–Crippen MR) is 47.0 cm³/mol. The second-order valence-corrected chi connectivity index (χ2v) is 3.28. The molecule has 0 heterocycles. The van der Waals surface area contributed by atoms with Gasteiger partial charge in [-0.2, -0.15) is 0 Å². The Morgan fingerprint density at radius 3 is 2.69 bits per heavy atom. The van der Waals surface area contributed by atoms with E-state index in [1.807, 2.05) is 0 Å². The summed E-state index contributed by atoms with van der Waals surface area (Å²) in [5.41, 5.74) is 1.15. The van der Waals surface area contributed by atoms with E-state index in [4.69, 9.17) is 0 Å². The Morgan fingerprint density at radius 2 is 1.92 bits per heavy atom. The number of phenolic OH excluding ortho intramolecular Hbond substituents is 2. The van der Waals surface area contributed by atoms with Gasteiger partial charge in [0.2, 0.25) is 0 Å². The molecule has 68 valence electrons. The van der Waals surface area contributed by atoms with Crippen molar-refractivity contribution in [2.75, 3.05) is 0 Å². The van der Waals surface area contributed by atoms with Gasteiger partial charge in [-0.3, -0.25) is 4.79 Å². The zero-order valence-electron chi connectivity index (χ0n) is 7.08. The Labute approximate surface area is 75.6 Å². The van der Waals surface area contributed by atoms with Gasteiger partial charge < -0.3 is 10.2 Å². The predicted octanol–water partition coefficient (Wildman–Crippen LogP) is 1.62. The lowest BCUT2D eigenvalue weighted by atomic mass is 9.90. The van der Waals surface area contributed by atoms with Crippen LogP contribution in [0.1, 0.15) is 28.8 Å². The minimum Gasteiger partial charge on any atom is -0.508 e. The maximum absolute atomic E-state index is 11.4. The smallest absolute Gasteiger partial charge is 0.166 e. The van der Waals surface area contributed by atoms with Gasteiger partial charge in [-0.1, -0.05) is 0 Å². The first-order chi connectivity index (χ1) is 6.18. The number of rotatable bonds is 0. The molecule has 1 aliphatic carbocycles. The van der Waals surface area contributed by atoms with Crippen molar-refractivity contribution in [3.8, 4) is 11.5 Å². The van der Waals surface area contributed by atoms with E-state index in [9.17, 15) is 15.0 Å². The van der Waals surface area contributed by atoms with Crippen LogP contribution in [0, 0.1) is 0 Å². The van der Waals surface area contributed by atoms with Crippen molar-refractivity contribution < 1.29 is 15.0 Å². The van der Waals surface area contributed by atoms with E-state index in [0.717, 1.165) is 18.4 Å². The minimum absolute atomic E-state index is 0.0194. The molecular weight excluding hydrogens is 168 g/mol. The number of benzene rings is 1. The zero-order chi connectivity index (χ0) is 9.42. The summed E-state index contributed by atoms with van der Waals surface area (Å²) in [7, 11) is 0. The molecule has 3 heteroatoms. The SMILES string of the molecule is O=C1CCCc2cc(O)cc(O)c21. The van der Waals surface area contributed by atoms with Gasteiger partial charge in [0.25, 0.3) is 0 Å². The Kier molecular flexibility index (Phi) is 1.72. The van der Waals surface area contributed by atoms with Crippen molar-refractivity contribution in [1.82, 2.24) is 0 Å². The largest absolute Gasteiger partial charge is 0.508 e. The lowest BCUT2D eigenvalue weighted by Gasteiger charge is -2.15. The van der Waals surface area contributed by atoms with E-state index < -0.39 is 0 Å². The average Bonchev–Trinajstić information content (AvgIpc) is 2.02. The molecule has 1 aromatic carbocycles. The van der Waals surface area contributed by atoms with E-state index in [0.29, 0.717) is 12.0 Å². The number of fused-ring (bicyclic) bond motifs is 1. The van der Waals surface area contributed by atoms with Crippen molar-refractivity contribution in [3.05, 3.63) is 23.3 Å². The van der Waals surface area contributed by atoms with Crippen LogP contribution in [0.4, 0.5) is 0 Å². The normalized spacial score (nSPS) is 15.5. The summed E-state index contributed by atoms with van der Waals surface area (Å²) in [5.74, 6) is -0.107. The van der Waals surface area contributed by atoms with Gasteiger partial charge in [-0.05, 0) is 24.5 Å². The van der Waals surface area contributed by atoms with Crippen molar-refractivity contribution in [3.63, 3.8) is 0 Å². The average molecular weight is 178 g/mol. The molecule has 0 amide bonds. The molecule has 0 aliphatic heterocycles. The van der Waals surface area contributed by atoms with Gasteiger partial charge in [0.1, 0.15) is 11.5 Å². The molecule has 0 spiro atoms. The lowest BCUT2D eigenvalue weighted by Crippen LogP contribution is -2.10. The fourth-order valence-electron chi connectivity index (χ4n) is 1.75. The highest BCUT2D eigenvalue weighted by molar-refractivity contribution is 6.01. The summed E-state index contributed by atoms with van der Waals surface area (Å²) in [6.45, 7) is 0. The Morgan fingerprint density at radius 1 is 1.15 bits per heavy atom. The Bertz CT molecular complexity index is 369. The fourth-order valence-corrected chi connectivity index (χ4v) is 1.75. The van der Waals surface area contributed by atoms with Gasteiger partial charge >= 0.3 is 0 Å². The molecule has 2 rings (SSSR count). The number of aryl methyl sites for hydroxylation is 1. The number of carbonyl (C=O) groups excluding carboxylic acids is 1. The van der Waals surface area contributed by atoms with Crippen LogP contribution in [0.15, 0.2) is 12.1 Å². The van der Waals surface area contributed by atoms with Crippen LogP contribution in [0.5, 0.6) is 11.5 Å². The van der Waals surface area contributed by atoms with Gasteiger partial charge in [-0.25, -0.2) is 0 Å². The second-order valence-electron chi connectivity index (χ2n) is 3.28. The van der Waals surface area contributed by atoms with Crippen LogP contribution in [-0.2, 0) is 6.42 Å². The Hall–Kier alpha value is -1.51. The molecular formula is C10H10O3. The third kappa shape index (κ3) is 1.26. The van der Waals surface area contributed by atoms with Crippen molar-refractivity contribution in [2.24, 2.45) is 0 Å². The zero-order valence-corrected chi connectivity index (χ0v) is 7.08. The van der Waals surface area contributed by atoms with Crippen LogP contribution in [0.2, 0.25) is 0 Å². The molecule has 1 aliphatic rings. The third-order valence-corrected chi connectivity index (χ3v) is 2.31. The first kappa shape index (κ1) is 8.10. The summed E-state index contributed by atoms with van der Waals surface area (Å²) in [6, 6.07) is 2.76. The molecule has 0 unspecified atom stereocenters. The molecule has 13 heavy (non-hydrogen) atoms. The highest BCUT2D eigenvalue weighted by Gasteiger charge is 2.21. The summed E-state index contributed by atoms with van der Waals surface area (Å²) >= 11 is 0. The van der Waals surface area contributed by atoms with E-state index in [-0.39, 0.29) is 17.3 Å². The van der Waals surface area contributed by atoms with Gasteiger partial charge in [0.15, 0.2) is 5.78 Å². The van der Waals surface area contributed by atoms with E-state index in [1.54, 1.807) is 6.07 Å². The molecule has 2 N–H and O–H groups in total. The summed E-state index contributed by atoms with van der Waals surface area (Å²) < 4.78 is 0. The van der Waals surface area contributed by atoms with Gasteiger partial charge in [0, 0.05) is 12.5 Å². The van der Waals surface area contributed by atoms with Crippen molar-refractivity contribution in [1.29, 1.82) is 0 Å². The van der Waals surface area contributed by atoms with Crippen LogP contribution < -0.4 is 0 Å². The van der Waals surface area contributed by atoms with Crippen LogP contribution in [0.25, 0.3) is 0 Å². The van der Waals surface area contributed by atoms with Crippen LogP contribution >= 0.6 is 0 Å². The van der Waals surface area contributed by atoms with Crippen LogP contribution in [0.3, 0.4) is 0 Å². The topological polar surface area (TPSA) is 57.5 Å². The van der Waals surface area contributed by atoms with E-state index in [1.165, 1.54) is 6.07 Å². The molecule has 0 atom stereocenters. The minimum atomic E-state index is -0.0975. The molecule has 0 fully saturated rings. The monoisotopic (exact) mass is 178 g/mol. The fraction of sp³-hybridized carbons (Fsp3) is 0.300. The molecule has 0 saturated heterocycles. The molecule has 0 saturated carbocycles. The molecule has 0 bridgehead atoms. The molecule has 3 nitrogen and oxygen atoms in total. The number of hydrogen-bond donors (Lipinski definition) is 2. The highest BCUT2D eigenvalue weighted by atomic mass is 16.3. The molecule has 1 aromatic rings. The number of phenols is 2. The molecule has 0 radical (unpaired) electrons. The third-order valence-electron chi connectivity index (χ3n) is 2.31. The van der Waals surface area contributed by atoms with Crippen molar-refractivity contribution >= 4 is 5.78 Å². The summed E-state index contributed by atoms with van der Waals surface area (Å²) in [5, 5.41) is 18.6. The standard InChI is InChI=1S/C10H10O3/c11-7-4-6-2-1-3-8(12)10(6)9(13)5-7/h4-5,11,13H,1-3H2. The van der Waals surface area contributed by atoms with Gasteiger partial charge in [-0.15, -0.1) is 0 Å². The number of Topliss-reactive ketones (excluding diaryl/α,β-unsaturated/α-hetero) is 1. The number of carbonyl (C=O) groups is 1. The second kappa shape index (κ2) is 2.76. The van der Waals surface area contributed by atoms with Crippen LogP contribution in [-0.4, -0.2) is 16.0 Å². The number of aromatic hydroxyl groups is 2. The first-order valence-corrected chi connectivity index (χ1v) is 4.26. The molecule has 0 aromatic heterocycles. The Balaban J connectivity index is 2.63. The van der Waals surface area contributed by atoms with Crippen molar-refractivity contribution in [2.45, 2.75) is 19.3 Å². The van der Waals surface area contributed by atoms with Gasteiger partial charge in [0.05, 0.1) is 5.56 Å². The quantitative estimate of drug-likeness (QED) is 0.634. The lowest BCUT2D eigenvalue weighted by molar-refractivity contribution is 0.0969.